The first-order valence-corrected chi connectivity index (χ1v) is 9.44. The van der Waals surface area contributed by atoms with E-state index in [0.29, 0.717) is 23.4 Å². The van der Waals surface area contributed by atoms with Crippen molar-refractivity contribution in [2.24, 2.45) is 11.8 Å². The van der Waals surface area contributed by atoms with Gasteiger partial charge in [-0.25, -0.2) is 4.79 Å². The predicted octanol–water partition coefficient (Wildman–Crippen LogP) is 3.93. The number of aliphatic carboxylic acids is 1. The Bertz CT molecular complexity index is 777. The number of amides is 1. The van der Waals surface area contributed by atoms with Crippen LogP contribution >= 0.6 is 11.3 Å². The number of anilines is 1. The molecular formula is C19H25NO5S. The SMILES string of the molecule is CCOC(=O)c1c(NC(=O)[C@H]2CC(C)=C(C)C[C@@H]2C(=O)O)sc(C)c1C. The van der Waals surface area contributed by atoms with Crippen molar-refractivity contribution in [2.75, 3.05) is 11.9 Å². The van der Waals surface area contributed by atoms with Gasteiger partial charge in [0, 0.05) is 4.88 Å². The third-order valence-corrected chi connectivity index (χ3v) is 6.14. The fourth-order valence-corrected chi connectivity index (χ4v) is 4.25. The number of aryl methyl sites for hydroxylation is 1. The average molecular weight is 379 g/mol. The quantitative estimate of drug-likeness (QED) is 0.597. The molecule has 1 aliphatic rings. The number of ether oxygens (including phenoxy) is 1. The second-order valence-electron chi connectivity index (χ2n) is 6.72. The molecule has 0 saturated heterocycles. The molecule has 0 unspecified atom stereocenters. The standard InChI is InChI=1S/C19H25NO5S/c1-6-25-19(24)15-11(4)12(5)26-17(15)20-16(21)13-7-9(2)10(3)8-14(13)18(22)23/h13-14H,6-8H2,1-5H3,(H,20,21)(H,22,23)/t13-,14-/m0/s1. The molecule has 0 fully saturated rings. The Morgan fingerprint density at radius 2 is 1.69 bits per heavy atom. The van der Waals surface area contributed by atoms with Crippen molar-refractivity contribution in [3.8, 4) is 0 Å². The summed E-state index contributed by atoms with van der Waals surface area (Å²) in [6, 6.07) is 0. The van der Waals surface area contributed by atoms with Crippen LogP contribution in [0.4, 0.5) is 5.00 Å². The first-order chi connectivity index (χ1) is 12.2. The highest BCUT2D eigenvalue weighted by Gasteiger charge is 2.38. The van der Waals surface area contributed by atoms with Gasteiger partial charge in [0.05, 0.1) is 24.0 Å². The fraction of sp³-hybridized carbons (Fsp3) is 0.526. The first-order valence-electron chi connectivity index (χ1n) is 8.63. The Morgan fingerprint density at radius 1 is 1.12 bits per heavy atom. The van der Waals surface area contributed by atoms with Crippen LogP contribution in [-0.2, 0) is 14.3 Å². The van der Waals surface area contributed by atoms with Gasteiger partial charge >= 0.3 is 11.9 Å². The summed E-state index contributed by atoms with van der Waals surface area (Å²) in [5.41, 5.74) is 3.20. The summed E-state index contributed by atoms with van der Waals surface area (Å²) < 4.78 is 5.10. The molecule has 1 amide bonds. The van der Waals surface area contributed by atoms with E-state index >= 15 is 0 Å². The zero-order valence-corrected chi connectivity index (χ0v) is 16.6. The van der Waals surface area contributed by atoms with Crippen molar-refractivity contribution in [3.63, 3.8) is 0 Å². The highest BCUT2D eigenvalue weighted by molar-refractivity contribution is 7.16. The summed E-state index contributed by atoms with van der Waals surface area (Å²) in [6.45, 7) is 9.48. The van der Waals surface area contributed by atoms with E-state index in [2.05, 4.69) is 5.32 Å². The van der Waals surface area contributed by atoms with Crippen LogP contribution in [0.15, 0.2) is 11.1 Å². The molecule has 1 aromatic rings. The van der Waals surface area contributed by atoms with Crippen molar-refractivity contribution in [3.05, 3.63) is 27.2 Å². The normalized spacial score (nSPS) is 20.0. The maximum absolute atomic E-state index is 12.8. The molecule has 0 saturated carbocycles. The molecule has 2 N–H and O–H groups in total. The van der Waals surface area contributed by atoms with E-state index in [9.17, 15) is 19.5 Å². The highest BCUT2D eigenvalue weighted by Crippen LogP contribution is 2.37. The molecule has 0 aromatic carbocycles. The second kappa shape index (κ2) is 8.03. The van der Waals surface area contributed by atoms with Gasteiger partial charge in [-0.2, -0.15) is 0 Å². The zero-order valence-electron chi connectivity index (χ0n) is 15.8. The molecule has 0 spiro atoms. The summed E-state index contributed by atoms with van der Waals surface area (Å²) in [7, 11) is 0. The first kappa shape index (κ1) is 20.2. The largest absolute Gasteiger partial charge is 0.481 e. The summed E-state index contributed by atoms with van der Waals surface area (Å²) in [5, 5.41) is 12.7. The molecule has 26 heavy (non-hydrogen) atoms. The van der Waals surface area contributed by atoms with E-state index in [-0.39, 0.29) is 12.5 Å². The van der Waals surface area contributed by atoms with Gasteiger partial charge in [0.25, 0.3) is 0 Å². The van der Waals surface area contributed by atoms with E-state index in [0.717, 1.165) is 21.6 Å². The lowest BCUT2D eigenvalue weighted by Crippen LogP contribution is -2.36. The summed E-state index contributed by atoms with van der Waals surface area (Å²) in [6.07, 6.45) is 0.777. The Kier molecular flexibility index (Phi) is 6.23. The lowest BCUT2D eigenvalue weighted by molar-refractivity contribution is -0.146. The number of carbonyl (C=O) groups is 3. The maximum atomic E-state index is 12.8. The Hall–Kier alpha value is -2.15. The maximum Gasteiger partial charge on any atom is 0.341 e. The van der Waals surface area contributed by atoms with Gasteiger partial charge in [0.1, 0.15) is 5.00 Å². The molecule has 2 rings (SSSR count). The lowest BCUT2D eigenvalue weighted by Gasteiger charge is -2.29. The number of rotatable bonds is 5. The van der Waals surface area contributed by atoms with Crippen LogP contribution in [0.3, 0.4) is 0 Å². The molecule has 0 bridgehead atoms. The summed E-state index contributed by atoms with van der Waals surface area (Å²) >= 11 is 1.31. The Balaban J connectivity index is 2.31. The van der Waals surface area contributed by atoms with Gasteiger partial charge in [-0.05, 0) is 53.0 Å². The van der Waals surface area contributed by atoms with Gasteiger partial charge in [0.15, 0.2) is 0 Å². The van der Waals surface area contributed by atoms with Crippen molar-refractivity contribution in [2.45, 2.75) is 47.5 Å². The summed E-state index contributed by atoms with van der Waals surface area (Å²) in [4.78, 5) is 37.6. The molecule has 142 valence electrons. The molecule has 2 atom stereocenters. The van der Waals surface area contributed by atoms with Crippen LogP contribution in [0, 0.1) is 25.7 Å². The monoisotopic (exact) mass is 379 g/mol. The number of thiophene rings is 1. The van der Waals surface area contributed by atoms with Crippen LogP contribution in [0.5, 0.6) is 0 Å². The number of carboxylic acid groups (broad SMARTS) is 1. The number of carboxylic acids is 1. The second-order valence-corrected chi connectivity index (χ2v) is 7.94. The van der Waals surface area contributed by atoms with Gasteiger partial charge < -0.3 is 15.2 Å². The van der Waals surface area contributed by atoms with Crippen LogP contribution in [-0.4, -0.2) is 29.6 Å². The van der Waals surface area contributed by atoms with Gasteiger partial charge in [-0.1, -0.05) is 11.1 Å². The molecule has 1 aliphatic carbocycles. The smallest absolute Gasteiger partial charge is 0.341 e. The van der Waals surface area contributed by atoms with E-state index < -0.39 is 23.8 Å². The highest BCUT2D eigenvalue weighted by atomic mass is 32.1. The van der Waals surface area contributed by atoms with Crippen molar-refractivity contribution >= 4 is 34.2 Å². The predicted molar refractivity (Wildman–Crippen MR) is 101 cm³/mol. The Labute approximate surface area is 157 Å². The molecule has 0 aliphatic heterocycles. The Morgan fingerprint density at radius 3 is 2.23 bits per heavy atom. The van der Waals surface area contributed by atoms with Crippen LogP contribution in [0.1, 0.15) is 54.4 Å². The van der Waals surface area contributed by atoms with Crippen molar-refractivity contribution in [1.29, 1.82) is 0 Å². The molecule has 7 heteroatoms. The third kappa shape index (κ3) is 3.98. The van der Waals surface area contributed by atoms with Gasteiger partial charge in [0.2, 0.25) is 5.91 Å². The molecule has 0 radical (unpaired) electrons. The van der Waals surface area contributed by atoms with Gasteiger partial charge in [-0.15, -0.1) is 11.3 Å². The van der Waals surface area contributed by atoms with Crippen LogP contribution in [0.25, 0.3) is 0 Å². The molecular weight excluding hydrogens is 354 g/mol. The molecule has 6 nitrogen and oxygen atoms in total. The number of hydrogen-bond donors (Lipinski definition) is 2. The zero-order chi connectivity index (χ0) is 19.6. The van der Waals surface area contributed by atoms with Crippen LogP contribution in [0.2, 0.25) is 0 Å². The van der Waals surface area contributed by atoms with E-state index in [1.807, 2.05) is 27.7 Å². The third-order valence-electron chi connectivity index (χ3n) is 5.02. The lowest BCUT2D eigenvalue weighted by atomic mass is 9.76. The van der Waals surface area contributed by atoms with Crippen molar-refractivity contribution in [1.82, 2.24) is 0 Å². The number of carbonyl (C=O) groups excluding carboxylic acids is 2. The minimum absolute atomic E-state index is 0.244. The fourth-order valence-electron chi connectivity index (χ4n) is 3.20. The van der Waals surface area contributed by atoms with Crippen molar-refractivity contribution < 1.29 is 24.2 Å². The number of allylic oxidation sites excluding steroid dienone is 2. The number of esters is 1. The topological polar surface area (TPSA) is 92.7 Å². The average Bonchev–Trinajstić information content (AvgIpc) is 2.83. The number of hydrogen-bond acceptors (Lipinski definition) is 5. The molecule has 1 aromatic heterocycles. The van der Waals surface area contributed by atoms with E-state index in [1.54, 1.807) is 6.92 Å². The minimum atomic E-state index is -0.971. The number of nitrogens with one attached hydrogen (secondary N) is 1. The molecule has 1 heterocycles. The van der Waals surface area contributed by atoms with E-state index in [1.165, 1.54) is 11.3 Å². The minimum Gasteiger partial charge on any atom is -0.481 e. The van der Waals surface area contributed by atoms with E-state index in [4.69, 9.17) is 4.74 Å². The van der Waals surface area contributed by atoms with Crippen LogP contribution < -0.4 is 5.32 Å². The summed E-state index contributed by atoms with van der Waals surface area (Å²) in [5.74, 6) is -3.23. The van der Waals surface area contributed by atoms with Gasteiger partial charge in [-0.3, -0.25) is 9.59 Å².